The molecular formula is C32H40CoO5. The quantitative estimate of drug-likeness (QED) is 0.172. The van der Waals surface area contributed by atoms with Gasteiger partial charge < -0.3 is 0 Å². The summed E-state index contributed by atoms with van der Waals surface area (Å²) >= 11 is -1.69. The van der Waals surface area contributed by atoms with E-state index >= 15 is 0 Å². The van der Waals surface area contributed by atoms with Gasteiger partial charge in [0.15, 0.2) is 0 Å². The summed E-state index contributed by atoms with van der Waals surface area (Å²) in [7, 11) is 0. The second-order valence-electron chi connectivity index (χ2n) is 10.1. The van der Waals surface area contributed by atoms with Crippen molar-refractivity contribution in [1.29, 1.82) is 0 Å². The SMILES string of the molecule is C=CC(=O)OCCCCCCOc1cc[c]([Co](=[O])[c]2ccc(C=C3C(=O)C(C(C)C)CCC3C)cc2)cc1. The molecule has 0 spiro atoms. The zero-order valence-corrected chi connectivity index (χ0v) is 23.8. The first-order valence-electron chi connectivity index (χ1n) is 13.5. The summed E-state index contributed by atoms with van der Waals surface area (Å²) in [5.74, 6) is 1.39. The number of hydrogen-bond acceptors (Lipinski definition) is 5. The monoisotopic (exact) mass is 563 g/mol. The molecular weight excluding hydrogens is 523 g/mol. The van der Waals surface area contributed by atoms with Crippen molar-refractivity contribution >= 4 is 26.8 Å². The van der Waals surface area contributed by atoms with Crippen LogP contribution in [0.5, 0.6) is 5.75 Å². The summed E-state index contributed by atoms with van der Waals surface area (Å²) in [5, 5.41) is 0. The summed E-state index contributed by atoms with van der Waals surface area (Å²) in [6, 6.07) is 15.1. The van der Waals surface area contributed by atoms with Crippen molar-refractivity contribution in [1.82, 2.24) is 0 Å². The van der Waals surface area contributed by atoms with Crippen LogP contribution in [-0.2, 0) is 31.8 Å². The van der Waals surface area contributed by atoms with Gasteiger partial charge in [-0.1, -0.05) is 6.58 Å². The number of esters is 1. The van der Waals surface area contributed by atoms with Crippen molar-refractivity contribution in [3.63, 3.8) is 0 Å². The van der Waals surface area contributed by atoms with Crippen molar-refractivity contribution in [3.8, 4) is 5.75 Å². The number of Topliss-reactive ketones (excluding diaryl/α,β-unsaturated/α-hetero) is 1. The Labute approximate surface area is 231 Å². The fourth-order valence-corrected chi connectivity index (χ4v) is 5.89. The molecule has 2 aromatic carbocycles. The summed E-state index contributed by atoms with van der Waals surface area (Å²) in [5.41, 5.74) is 1.88. The van der Waals surface area contributed by atoms with Gasteiger partial charge >= 0.3 is 214 Å². The Balaban J connectivity index is 1.48. The van der Waals surface area contributed by atoms with Gasteiger partial charge in [0.05, 0.1) is 0 Å². The molecule has 2 unspecified atom stereocenters. The van der Waals surface area contributed by atoms with Gasteiger partial charge in [-0.3, -0.25) is 0 Å². The number of allylic oxidation sites excluding steroid dienone is 1. The van der Waals surface area contributed by atoms with Crippen LogP contribution in [-0.4, -0.2) is 25.0 Å². The van der Waals surface area contributed by atoms with Crippen LogP contribution in [0, 0.1) is 17.8 Å². The Morgan fingerprint density at radius 2 is 1.58 bits per heavy atom. The Hall–Kier alpha value is -2.83. The standard InChI is InChI=1S/C17H21O.C15H19O3.Co.O/c1-12(2)15-10-9-13(3)16(17(15)18)11-14-7-5-4-6-8-14;1-2-15(16)18-13-9-4-3-8-12-17-14-10-6-5-7-11-14;;/h5-8,11-13,15H,9-10H2,1-3H3;2,6-7,10-11H,1,3-4,8-9,12-13H2;;. The van der Waals surface area contributed by atoms with Crippen LogP contribution < -0.4 is 13.7 Å². The fraction of sp³-hybridized carbons (Fsp3) is 0.438. The number of unbranched alkanes of at least 4 members (excludes halogenated alkanes) is 3. The van der Waals surface area contributed by atoms with Crippen LogP contribution in [0.4, 0.5) is 0 Å². The Morgan fingerprint density at radius 1 is 0.974 bits per heavy atom. The van der Waals surface area contributed by atoms with Crippen molar-refractivity contribution in [2.24, 2.45) is 17.8 Å². The molecule has 6 heteroatoms. The van der Waals surface area contributed by atoms with Crippen LogP contribution in [0.2, 0.25) is 0 Å². The molecule has 0 N–H and O–H groups in total. The first-order chi connectivity index (χ1) is 18.3. The molecule has 38 heavy (non-hydrogen) atoms. The molecule has 0 aromatic heterocycles. The normalized spacial score (nSPS) is 18.9. The van der Waals surface area contributed by atoms with Gasteiger partial charge in [0.25, 0.3) is 0 Å². The topological polar surface area (TPSA) is 69.7 Å². The van der Waals surface area contributed by atoms with Gasteiger partial charge in [0, 0.05) is 6.08 Å². The zero-order valence-electron chi connectivity index (χ0n) is 22.7. The predicted molar refractivity (Wildman–Crippen MR) is 148 cm³/mol. The van der Waals surface area contributed by atoms with E-state index in [9.17, 15) is 13.5 Å². The number of ketones is 1. The molecule has 3 rings (SSSR count). The molecule has 0 aliphatic heterocycles. The van der Waals surface area contributed by atoms with Crippen LogP contribution >= 0.6 is 0 Å². The third-order valence-corrected chi connectivity index (χ3v) is 8.70. The number of ether oxygens (including phenoxy) is 2. The van der Waals surface area contributed by atoms with Crippen molar-refractivity contribution in [3.05, 3.63) is 72.3 Å². The Morgan fingerprint density at radius 3 is 2.18 bits per heavy atom. The second kappa shape index (κ2) is 14.9. The first kappa shape index (κ1) is 29.7. The van der Waals surface area contributed by atoms with Crippen molar-refractivity contribution < 1.29 is 36.5 Å². The molecule has 2 atom stereocenters. The minimum absolute atomic E-state index is 0.110. The molecule has 207 valence electrons. The number of carbonyl (C=O) groups is 2. The molecule has 5 nitrogen and oxygen atoms in total. The third kappa shape index (κ3) is 8.60. The van der Waals surface area contributed by atoms with Gasteiger partial charge in [0.2, 0.25) is 0 Å². The van der Waals surface area contributed by atoms with E-state index in [1.807, 2.05) is 54.6 Å². The molecule has 2 aromatic rings. The summed E-state index contributed by atoms with van der Waals surface area (Å²) in [4.78, 5) is 24.0. The zero-order chi connectivity index (χ0) is 27.5. The van der Waals surface area contributed by atoms with E-state index in [0.29, 0.717) is 19.1 Å². The van der Waals surface area contributed by atoms with E-state index in [1.54, 1.807) is 0 Å². The molecule has 1 aliphatic rings. The average Bonchev–Trinajstić information content (AvgIpc) is 2.92. The summed E-state index contributed by atoms with van der Waals surface area (Å²) in [6.45, 7) is 10.8. The minimum atomic E-state index is -1.69. The molecule has 1 fully saturated rings. The second-order valence-corrected chi connectivity index (χ2v) is 12.0. The van der Waals surface area contributed by atoms with Crippen LogP contribution in [0.3, 0.4) is 0 Å². The van der Waals surface area contributed by atoms with Crippen molar-refractivity contribution in [2.45, 2.75) is 59.3 Å². The van der Waals surface area contributed by atoms with E-state index in [-0.39, 0.29) is 23.6 Å². The molecule has 0 radical (unpaired) electrons. The number of rotatable bonds is 13. The predicted octanol–water partition coefficient (Wildman–Crippen LogP) is 5.92. The maximum absolute atomic E-state index is 13.1. The van der Waals surface area contributed by atoms with E-state index in [4.69, 9.17) is 9.47 Å². The average molecular weight is 564 g/mol. The molecule has 0 amide bonds. The number of hydrogen-bond donors (Lipinski definition) is 0. The van der Waals surface area contributed by atoms with E-state index in [0.717, 1.165) is 64.4 Å². The van der Waals surface area contributed by atoms with E-state index in [2.05, 4.69) is 27.4 Å². The van der Waals surface area contributed by atoms with Gasteiger partial charge in [-0.15, -0.1) is 0 Å². The van der Waals surface area contributed by atoms with Gasteiger partial charge in [-0.05, 0) is 0 Å². The van der Waals surface area contributed by atoms with E-state index < -0.39 is 13.6 Å². The Kier molecular flexibility index (Phi) is 11.7. The number of benzene rings is 2. The van der Waals surface area contributed by atoms with Crippen LogP contribution in [0.15, 0.2) is 66.8 Å². The first-order valence-corrected chi connectivity index (χ1v) is 15.0. The Bertz CT molecular complexity index is 1130. The molecule has 0 bridgehead atoms. The molecule has 1 aliphatic carbocycles. The van der Waals surface area contributed by atoms with Crippen LogP contribution in [0.1, 0.15) is 64.9 Å². The van der Waals surface area contributed by atoms with Gasteiger partial charge in [-0.2, -0.15) is 0 Å². The summed E-state index contributed by atoms with van der Waals surface area (Å²) in [6.07, 6.45) is 8.90. The van der Waals surface area contributed by atoms with E-state index in [1.165, 1.54) is 6.08 Å². The summed E-state index contributed by atoms with van der Waals surface area (Å²) < 4.78 is 25.4. The third-order valence-electron chi connectivity index (χ3n) is 6.91. The van der Waals surface area contributed by atoms with Gasteiger partial charge in [0.1, 0.15) is 0 Å². The van der Waals surface area contributed by atoms with Crippen LogP contribution in [0.25, 0.3) is 6.08 Å². The molecule has 0 saturated heterocycles. The van der Waals surface area contributed by atoms with Gasteiger partial charge in [-0.25, -0.2) is 4.79 Å². The maximum atomic E-state index is 13.1. The molecule has 1 saturated carbocycles. The molecule has 0 heterocycles. The number of carbonyl (C=O) groups excluding carboxylic acids is 2. The fourth-order valence-electron chi connectivity index (χ4n) is 4.57. The van der Waals surface area contributed by atoms with Crippen molar-refractivity contribution in [2.75, 3.05) is 13.2 Å².